The molecule has 0 radical (unpaired) electrons. The summed E-state index contributed by atoms with van der Waals surface area (Å²) in [5.41, 5.74) is 3.29. The van der Waals surface area contributed by atoms with E-state index in [4.69, 9.17) is 4.52 Å². The van der Waals surface area contributed by atoms with Crippen molar-refractivity contribution in [2.45, 2.75) is 19.9 Å². The maximum Gasteiger partial charge on any atom is 0.267 e. The van der Waals surface area contributed by atoms with E-state index in [1.165, 1.54) is 6.20 Å². The van der Waals surface area contributed by atoms with Crippen LogP contribution in [-0.2, 0) is 13.0 Å². The Kier molecular flexibility index (Phi) is 5.52. The van der Waals surface area contributed by atoms with E-state index in [1.807, 2.05) is 49.4 Å². The van der Waals surface area contributed by atoms with Crippen molar-refractivity contribution in [2.75, 3.05) is 0 Å². The minimum atomic E-state index is -0.304. The number of rotatable bonds is 7. The molecule has 0 saturated carbocycles. The molecule has 7 nitrogen and oxygen atoms in total. The number of aromatic nitrogens is 3. The molecule has 0 aliphatic heterocycles. The number of nitrogens with zero attached hydrogens (tertiary/aromatic N) is 2. The Balaban J connectivity index is 1.56. The number of carbonyl (C=O) groups excluding carboxylic acids is 2. The Morgan fingerprint density at radius 3 is 2.70 bits per heavy atom. The van der Waals surface area contributed by atoms with Gasteiger partial charge < -0.3 is 14.8 Å². The highest BCUT2D eigenvalue weighted by Crippen LogP contribution is 2.28. The third kappa shape index (κ3) is 3.91. The molecule has 0 bridgehead atoms. The molecular formula is C23H20N4O3. The van der Waals surface area contributed by atoms with Crippen LogP contribution in [0.2, 0.25) is 0 Å². The summed E-state index contributed by atoms with van der Waals surface area (Å²) in [5.74, 6) is -0.0284. The molecule has 0 aliphatic carbocycles. The number of hydrogen-bond donors (Lipinski definition) is 2. The Morgan fingerprint density at radius 1 is 1.13 bits per heavy atom. The summed E-state index contributed by atoms with van der Waals surface area (Å²) in [6.45, 7) is 2.25. The zero-order valence-corrected chi connectivity index (χ0v) is 16.4. The molecule has 30 heavy (non-hydrogen) atoms. The number of amides is 1. The minimum absolute atomic E-state index is 0.241. The van der Waals surface area contributed by atoms with Gasteiger partial charge in [-0.1, -0.05) is 48.5 Å². The molecule has 0 fully saturated rings. The monoisotopic (exact) mass is 400 g/mol. The van der Waals surface area contributed by atoms with Crippen LogP contribution in [0.15, 0.2) is 71.6 Å². The molecule has 4 rings (SSSR count). The largest absolute Gasteiger partial charge is 0.360 e. The van der Waals surface area contributed by atoms with Crippen molar-refractivity contribution in [3.05, 3.63) is 95.3 Å². The van der Waals surface area contributed by atoms with Crippen LogP contribution < -0.4 is 5.32 Å². The smallest absolute Gasteiger partial charge is 0.267 e. The SMILES string of the molecule is CCc1onc(-c2ccccc2)c1C(=O)c1c[nH]c(C(=O)NCc2cccnc2)c1. The van der Waals surface area contributed by atoms with Crippen LogP contribution in [0.25, 0.3) is 11.3 Å². The number of carbonyl (C=O) groups is 2. The van der Waals surface area contributed by atoms with Crippen LogP contribution in [0.3, 0.4) is 0 Å². The lowest BCUT2D eigenvalue weighted by atomic mass is 9.98. The summed E-state index contributed by atoms with van der Waals surface area (Å²) < 4.78 is 5.42. The molecule has 0 saturated heterocycles. The lowest BCUT2D eigenvalue weighted by Gasteiger charge is -2.03. The van der Waals surface area contributed by atoms with Crippen LogP contribution in [0.5, 0.6) is 0 Å². The molecular weight excluding hydrogens is 380 g/mol. The van der Waals surface area contributed by atoms with E-state index in [2.05, 4.69) is 20.4 Å². The summed E-state index contributed by atoms with van der Waals surface area (Å²) in [7, 11) is 0. The molecule has 0 aliphatic rings. The molecule has 2 N–H and O–H groups in total. The van der Waals surface area contributed by atoms with Gasteiger partial charge in [0.05, 0.1) is 5.56 Å². The number of pyridine rings is 1. The zero-order valence-electron chi connectivity index (χ0n) is 16.4. The molecule has 4 aromatic rings. The van der Waals surface area contributed by atoms with Gasteiger partial charge in [0.15, 0.2) is 5.78 Å². The van der Waals surface area contributed by atoms with Crippen molar-refractivity contribution < 1.29 is 14.1 Å². The Hall–Kier alpha value is -4.00. The third-order valence-corrected chi connectivity index (χ3v) is 4.72. The van der Waals surface area contributed by atoms with Crippen LogP contribution in [0.1, 0.15) is 44.7 Å². The van der Waals surface area contributed by atoms with Gasteiger partial charge in [-0.15, -0.1) is 0 Å². The van der Waals surface area contributed by atoms with Gasteiger partial charge in [-0.25, -0.2) is 0 Å². The van der Waals surface area contributed by atoms with E-state index in [-0.39, 0.29) is 11.7 Å². The van der Waals surface area contributed by atoms with Crippen molar-refractivity contribution in [1.82, 2.24) is 20.4 Å². The fourth-order valence-electron chi connectivity index (χ4n) is 3.17. The van der Waals surface area contributed by atoms with Crippen molar-refractivity contribution >= 4 is 11.7 Å². The Bertz CT molecular complexity index is 1160. The van der Waals surface area contributed by atoms with E-state index in [0.29, 0.717) is 41.2 Å². The van der Waals surface area contributed by atoms with Gasteiger partial charge in [-0.2, -0.15) is 0 Å². The van der Waals surface area contributed by atoms with Gasteiger partial charge >= 0.3 is 0 Å². The lowest BCUT2D eigenvalue weighted by Crippen LogP contribution is -2.23. The quantitative estimate of drug-likeness (QED) is 0.460. The van der Waals surface area contributed by atoms with E-state index >= 15 is 0 Å². The van der Waals surface area contributed by atoms with Crippen LogP contribution in [-0.4, -0.2) is 26.8 Å². The van der Waals surface area contributed by atoms with Crippen LogP contribution >= 0.6 is 0 Å². The molecule has 3 heterocycles. The number of benzene rings is 1. The number of hydrogen-bond acceptors (Lipinski definition) is 5. The first kappa shape index (κ1) is 19.3. The van der Waals surface area contributed by atoms with Gasteiger partial charge in [0.2, 0.25) is 0 Å². The number of aromatic amines is 1. The van der Waals surface area contributed by atoms with Crippen LogP contribution in [0, 0.1) is 0 Å². The molecule has 150 valence electrons. The second-order valence-corrected chi connectivity index (χ2v) is 6.72. The van der Waals surface area contributed by atoms with Crippen molar-refractivity contribution in [2.24, 2.45) is 0 Å². The Morgan fingerprint density at radius 2 is 1.97 bits per heavy atom. The minimum Gasteiger partial charge on any atom is -0.360 e. The third-order valence-electron chi connectivity index (χ3n) is 4.72. The standard InChI is InChI=1S/C23H20N4O3/c1-2-19-20(21(27-30-19)16-8-4-3-5-9-16)22(28)17-11-18(25-14-17)23(29)26-13-15-7-6-10-24-12-15/h3-12,14,25H,2,13H2,1H3,(H,26,29). The van der Waals surface area contributed by atoms with Crippen molar-refractivity contribution in [1.29, 1.82) is 0 Å². The fraction of sp³-hybridized carbons (Fsp3) is 0.130. The summed E-state index contributed by atoms with van der Waals surface area (Å²) in [6.07, 6.45) is 5.42. The van der Waals surface area contributed by atoms with Gasteiger partial charge in [-0.3, -0.25) is 14.6 Å². The van der Waals surface area contributed by atoms with Crippen molar-refractivity contribution in [3.8, 4) is 11.3 Å². The average Bonchev–Trinajstić information content (AvgIpc) is 3.46. The van der Waals surface area contributed by atoms with Gasteiger partial charge in [-0.05, 0) is 17.7 Å². The maximum absolute atomic E-state index is 13.2. The molecule has 3 aromatic heterocycles. The second kappa shape index (κ2) is 8.57. The predicted octanol–water partition coefficient (Wildman–Crippen LogP) is 3.79. The average molecular weight is 400 g/mol. The zero-order chi connectivity index (χ0) is 20.9. The van der Waals surface area contributed by atoms with E-state index in [9.17, 15) is 9.59 Å². The fourth-order valence-corrected chi connectivity index (χ4v) is 3.17. The summed E-state index contributed by atoms with van der Waals surface area (Å²) >= 11 is 0. The molecule has 7 heteroatoms. The normalized spacial score (nSPS) is 10.7. The number of nitrogens with one attached hydrogen (secondary N) is 2. The van der Waals surface area contributed by atoms with Gasteiger partial charge in [0.1, 0.15) is 17.1 Å². The number of aryl methyl sites for hydroxylation is 1. The Labute approximate surface area is 173 Å². The van der Waals surface area contributed by atoms with Crippen molar-refractivity contribution in [3.63, 3.8) is 0 Å². The predicted molar refractivity (Wildman–Crippen MR) is 111 cm³/mol. The first-order valence-corrected chi connectivity index (χ1v) is 9.61. The van der Waals surface area contributed by atoms with E-state index in [0.717, 1.165) is 11.1 Å². The molecule has 1 amide bonds. The lowest BCUT2D eigenvalue weighted by molar-refractivity contribution is 0.0946. The van der Waals surface area contributed by atoms with E-state index in [1.54, 1.807) is 18.5 Å². The second-order valence-electron chi connectivity index (χ2n) is 6.72. The summed E-state index contributed by atoms with van der Waals surface area (Å²) in [6, 6.07) is 14.6. The highest BCUT2D eigenvalue weighted by molar-refractivity contribution is 6.13. The molecule has 0 atom stereocenters. The van der Waals surface area contributed by atoms with Gasteiger partial charge in [0.25, 0.3) is 5.91 Å². The van der Waals surface area contributed by atoms with Crippen LogP contribution in [0.4, 0.5) is 0 Å². The highest BCUT2D eigenvalue weighted by Gasteiger charge is 2.25. The summed E-state index contributed by atoms with van der Waals surface area (Å²) in [4.78, 5) is 32.6. The highest BCUT2D eigenvalue weighted by atomic mass is 16.5. The molecule has 0 spiro atoms. The first-order valence-electron chi connectivity index (χ1n) is 9.61. The number of H-pyrrole nitrogens is 1. The maximum atomic E-state index is 13.2. The molecule has 0 unspecified atom stereocenters. The van der Waals surface area contributed by atoms with Gasteiger partial charge in [0, 0.05) is 42.7 Å². The first-order chi connectivity index (χ1) is 14.7. The van der Waals surface area contributed by atoms with E-state index < -0.39 is 0 Å². The molecule has 1 aromatic carbocycles. The summed E-state index contributed by atoms with van der Waals surface area (Å²) in [5, 5.41) is 6.93. The number of ketones is 1. The topological polar surface area (TPSA) is 101 Å².